The second kappa shape index (κ2) is 8.25. The van der Waals surface area contributed by atoms with Gasteiger partial charge in [-0.05, 0) is 48.4 Å². The van der Waals surface area contributed by atoms with Crippen molar-refractivity contribution in [2.24, 2.45) is 5.41 Å². The quantitative estimate of drug-likeness (QED) is 0.733. The molecular weight excluding hydrogens is 333 g/mol. The number of halogens is 2. The van der Waals surface area contributed by atoms with Gasteiger partial charge in [0.05, 0.1) is 6.61 Å². The van der Waals surface area contributed by atoms with Crippen LogP contribution >= 0.6 is 15.9 Å². The molecule has 0 atom stereocenters. The second-order valence-electron chi connectivity index (χ2n) is 6.14. The SMILES string of the molecule is COCCNCC1(Cc2cc(Br)ccc2F)CCCCC1. The minimum Gasteiger partial charge on any atom is -0.383 e. The van der Waals surface area contributed by atoms with Crippen molar-refractivity contribution in [3.63, 3.8) is 0 Å². The van der Waals surface area contributed by atoms with Crippen molar-refractivity contribution in [3.05, 3.63) is 34.1 Å². The lowest BCUT2D eigenvalue weighted by molar-refractivity contribution is 0.161. The second-order valence-corrected chi connectivity index (χ2v) is 7.06. The average molecular weight is 358 g/mol. The van der Waals surface area contributed by atoms with Crippen molar-refractivity contribution in [3.8, 4) is 0 Å². The van der Waals surface area contributed by atoms with Crippen LogP contribution in [0.4, 0.5) is 4.39 Å². The Morgan fingerprint density at radius 3 is 2.76 bits per heavy atom. The number of hydrogen-bond acceptors (Lipinski definition) is 2. The van der Waals surface area contributed by atoms with Gasteiger partial charge in [-0.1, -0.05) is 35.2 Å². The molecule has 0 bridgehead atoms. The smallest absolute Gasteiger partial charge is 0.126 e. The van der Waals surface area contributed by atoms with E-state index in [-0.39, 0.29) is 11.2 Å². The van der Waals surface area contributed by atoms with Crippen molar-refractivity contribution < 1.29 is 9.13 Å². The molecule has 1 aliphatic rings. The van der Waals surface area contributed by atoms with Crippen LogP contribution in [-0.4, -0.2) is 26.8 Å². The number of rotatable bonds is 7. The number of methoxy groups -OCH3 is 1. The lowest BCUT2D eigenvalue weighted by atomic mass is 9.70. The van der Waals surface area contributed by atoms with E-state index in [4.69, 9.17) is 4.74 Å². The van der Waals surface area contributed by atoms with Gasteiger partial charge in [-0.15, -0.1) is 0 Å². The molecule has 2 rings (SSSR count). The van der Waals surface area contributed by atoms with E-state index >= 15 is 0 Å². The van der Waals surface area contributed by atoms with Crippen LogP contribution in [0.2, 0.25) is 0 Å². The molecule has 1 aromatic rings. The van der Waals surface area contributed by atoms with Crippen LogP contribution in [0.15, 0.2) is 22.7 Å². The molecule has 2 nitrogen and oxygen atoms in total. The number of hydrogen-bond donors (Lipinski definition) is 1. The fourth-order valence-electron chi connectivity index (χ4n) is 3.33. The lowest BCUT2D eigenvalue weighted by Crippen LogP contribution is -2.39. The summed E-state index contributed by atoms with van der Waals surface area (Å²) in [4.78, 5) is 0. The summed E-state index contributed by atoms with van der Waals surface area (Å²) in [6.07, 6.45) is 6.99. The molecule has 21 heavy (non-hydrogen) atoms. The van der Waals surface area contributed by atoms with Gasteiger partial charge in [0.1, 0.15) is 5.82 Å². The zero-order valence-corrected chi connectivity index (χ0v) is 14.3. The summed E-state index contributed by atoms with van der Waals surface area (Å²) in [7, 11) is 1.72. The Morgan fingerprint density at radius 2 is 2.05 bits per heavy atom. The highest BCUT2D eigenvalue weighted by molar-refractivity contribution is 9.10. The first-order valence-electron chi connectivity index (χ1n) is 7.79. The third-order valence-electron chi connectivity index (χ3n) is 4.47. The van der Waals surface area contributed by atoms with Gasteiger partial charge in [-0.2, -0.15) is 0 Å². The van der Waals surface area contributed by atoms with Gasteiger partial charge in [0.15, 0.2) is 0 Å². The van der Waals surface area contributed by atoms with E-state index in [9.17, 15) is 4.39 Å². The highest BCUT2D eigenvalue weighted by atomic mass is 79.9. The van der Waals surface area contributed by atoms with Gasteiger partial charge >= 0.3 is 0 Å². The van der Waals surface area contributed by atoms with Crippen molar-refractivity contribution in [1.82, 2.24) is 5.32 Å². The third-order valence-corrected chi connectivity index (χ3v) is 4.96. The van der Waals surface area contributed by atoms with E-state index in [1.165, 1.54) is 32.1 Å². The minimum atomic E-state index is -0.0833. The molecule has 118 valence electrons. The molecular formula is C17H25BrFNO. The first kappa shape index (κ1) is 16.9. The Kier molecular flexibility index (Phi) is 6.65. The summed E-state index contributed by atoms with van der Waals surface area (Å²) in [6, 6.07) is 5.26. The first-order chi connectivity index (χ1) is 10.2. The third kappa shape index (κ3) is 5.04. The molecule has 0 saturated heterocycles. The molecule has 1 N–H and O–H groups in total. The molecule has 0 unspecified atom stereocenters. The Balaban J connectivity index is 2.06. The standard InChI is InChI=1S/C17H25BrFNO/c1-21-10-9-20-13-17(7-3-2-4-8-17)12-14-11-15(18)5-6-16(14)19/h5-6,11,20H,2-4,7-10,12-13H2,1H3. The Labute approximate surface area is 135 Å². The van der Waals surface area contributed by atoms with E-state index in [0.29, 0.717) is 0 Å². The van der Waals surface area contributed by atoms with E-state index < -0.39 is 0 Å². The van der Waals surface area contributed by atoms with Gasteiger partial charge in [0, 0.05) is 24.7 Å². The van der Waals surface area contributed by atoms with Crippen LogP contribution in [0.25, 0.3) is 0 Å². The van der Waals surface area contributed by atoms with Gasteiger partial charge in [-0.25, -0.2) is 4.39 Å². The van der Waals surface area contributed by atoms with Crippen LogP contribution in [0.1, 0.15) is 37.7 Å². The fraction of sp³-hybridized carbons (Fsp3) is 0.647. The van der Waals surface area contributed by atoms with Crippen LogP contribution in [0, 0.1) is 11.2 Å². The van der Waals surface area contributed by atoms with Gasteiger partial charge in [0.2, 0.25) is 0 Å². The molecule has 0 aliphatic heterocycles. The van der Waals surface area contributed by atoms with Gasteiger partial charge in [0.25, 0.3) is 0 Å². The molecule has 0 radical (unpaired) electrons. The highest BCUT2D eigenvalue weighted by Gasteiger charge is 2.32. The maximum Gasteiger partial charge on any atom is 0.126 e. The topological polar surface area (TPSA) is 21.3 Å². The zero-order valence-electron chi connectivity index (χ0n) is 12.8. The Bertz CT molecular complexity index is 446. The van der Waals surface area contributed by atoms with Crippen LogP contribution in [0.3, 0.4) is 0 Å². The average Bonchev–Trinajstić information content (AvgIpc) is 2.49. The summed E-state index contributed by atoms with van der Waals surface area (Å²) in [5.41, 5.74) is 1.02. The molecule has 0 spiro atoms. The van der Waals surface area contributed by atoms with Crippen molar-refractivity contribution >= 4 is 15.9 Å². The molecule has 1 aromatic carbocycles. The minimum absolute atomic E-state index is 0.0833. The molecule has 1 saturated carbocycles. The molecule has 0 heterocycles. The number of ether oxygens (including phenoxy) is 1. The predicted molar refractivity (Wildman–Crippen MR) is 88.1 cm³/mol. The summed E-state index contributed by atoms with van der Waals surface area (Å²) in [6.45, 7) is 2.53. The molecule has 1 fully saturated rings. The van der Waals surface area contributed by atoms with Crippen LogP contribution in [0.5, 0.6) is 0 Å². The zero-order chi connectivity index (χ0) is 15.1. The summed E-state index contributed by atoms with van der Waals surface area (Å²) in [5.74, 6) is -0.0833. The first-order valence-corrected chi connectivity index (χ1v) is 8.58. The fourth-order valence-corrected chi connectivity index (χ4v) is 3.74. The van der Waals surface area contributed by atoms with Gasteiger partial charge < -0.3 is 10.1 Å². The van der Waals surface area contributed by atoms with E-state index in [1.807, 2.05) is 6.07 Å². The maximum absolute atomic E-state index is 14.1. The van der Waals surface area contributed by atoms with Crippen molar-refractivity contribution in [1.29, 1.82) is 0 Å². The van der Waals surface area contributed by atoms with Crippen molar-refractivity contribution in [2.75, 3.05) is 26.8 Å². The summed E-state index contributed by atoms with van der Waals surface area (Å²) in [5, 5.41) is 3.49. The number of benzene rings is 1. The van der Waals surface area contributed by atoms with Crippen LogP contribution < -0.4 is 5.32 Å². The molecule has 0 aromatic heterocycles. The maximum atomic E-state index is 14.1. The monoisotopic (exact) mass is 357 g/mol. The van der Waals surface area contributed by atoms with Gasteiger partial charge in [-0.3, -0.25) is 0 Å². The van der Waals surface area contributed by atoms with E-state index in [2.05, 4.69) is 21.2 Å². The lowest BCUT2D eigenvalue weighted by Gasteiger charge is -2.38. The van der Waals surface area contributed by atoms with Crippen LogP contribution in [-0.2, 0) is 11.2 Å². The largest absolute Gasteiger partial charge is 0.383 e. The van der Waals surface area contributed by atoms with E-state index in [0.717, 1.165) is 36.2 Å². The van der Waals surface area contributed by atoms with E-state index in [1.54, 1.807) is 19.2 Å². The molecule has 1 aliphatic carbocycles. The number of nitrogens with one attached hydrogen (secondary N) is 1. The van der Waals surface area contributed by atoms with Crippen molar-refractivity contribution in [2.45, 2.75) is 38.5 Å². The highest BCUT2D eigenvalue weighted by Crippen LogP contribution is 2.39. The Hall–Kier alpha value is -0.450. The molecule has 0 amide bonds. The molecule has 4 heteroatoms. The summed E-state index contributed by atoms with van der Waals surface area (Å²) < 4.78 is 20.1. The summed E-state index contributed by atoms with van der Waals surface area (Å²) >= 11 is 3.45. The predicted octanol–water partition coefficient (Wildman–Crippen LogP) is 4.32. The Morgan fingerprint density at radius 1 is 1.29 bits per heavy atom. The normalized spacial score (nSPS) is 17.9.